The van der Waals surface area contributed by atoms with Gasteiger partial charge in [-0.25, -0.2) is 4.98 Å². The van der Waals surface area contributed by atoms with Crippen LogP contribution in [-0.4, -0.2) is 9.97 Å². The normalized spacial score (nSPS) is 10.4. The number of nitrogens with zero attached hydrogens (tertiary/aromatic N) is 1. The van der Waals surface area contributed by atoms with Crippen LogP contribution in [0.15, 0.2) is 33.8 Å². The molecule has 60 valence electrons. The van der Waals surface area contributed by atoms with Crippen LogP contribution >= 0.6 is 15.9 Å². The number of H-pyrrole nitrogens is 1. The molecule has 4 heteroatoms. The lowest BCUT2D eigenvalue weighted by molar-refractivity contribution is 1.27. The van der Waals surface area contributed by atoms with E-state index in [1.165, 1.54) is 6.07 Å². The van der Waals surface area contributed by atoms with Crippen molar-refractivity contribution >= 4 is 27.0 Å². The minimum Gasteiger partial charge on any atom is -0.346 e. The second-order valence-corrected chi connectivity index (χ2v) is 3.21. The lowest BCUT2D eigenvalue weighted by Crippen LogP contribution is -2.01. The Morgan fingerprint density at radius 2 is 2.25 bits per heavy atom. The number of fused-ring (bicyclic) bond motifs is 1. The third kappa shape index (κ3) is 1.04. The summed E-state index contributed by atoms with van der Waals surface area (Å²) < 4.78 is 0.773. The molecule has 0 amide bonds. The number of aromatic amines is 1. The quantitative estimate of drug-likeness (QED) is 0.741. The van der Waals surface area contributed by atoms with Crippen molar-refractivity contribution < 1.29 is 0 Å². The number of hydrogen-bond acceptors (Lipinski definition) is 2. The van der Waals surface area contributed by atoms with Crippen LogP contribution in [0.1, 0.15) is 0 Å². The van der Waals surface area contributed by atoms with Crippen molar-refractivity contribution in [2.24, 2.45) is 0 Å². The minimum atomic E-state index is -0.0243. The maximum Gasteiger partial charge on any atom is 0.192 e. The zero-order chi connectivity index (χ0) is 8.55. The SMILES string of the molecule is O=c1cc[nH]c2nccc(Br)c12. The van der Waals surface area contributed by atoms with Crippen LogP contribution in [0.25, 0.3) is 11.0 Å². The zero-order valence-electron chi connectivity index (χ0n) is 6.04. The van der Waals surface area contributed by atoms with Gasteiger partial charge in [0.25, 0.3) is 0 Å². The summed E-state index contributed by atoms with van der Waals surface area (Å²) in [6, 6.07) is 3.23. The van der Waals surface area contributed by atoms with Gasteiger partial charge in [-0.2, -0.15) is 0 Å². The topological polar surface area (TPSA) is 45.8 Å². The number of halogens is 1. The minimum absolute atomic E-state index is 0.0243. The predicted molar refractivity (Wildman–Crippen MR) is 50.1 cm³/mol. The lowest BCUT2D eigenvalue weighted by atomic mass is 10.3. The van der Waals surface area contributed by atoms with Gasteiger partial charge in [0.05, 0.1) is 5.39 Å². The molecule has 0 aromatic carbocycles. The molecule has 0 bridgehead atoms. The molecule has 3 nitrogen and oxygen atoms in total. The van der Waals surface area contributed by atoms with E-state index in [2.05, 4.69) is 25.9 Å². The van der Waals surface area contributed by atoms with Crippen LogP contribution in [0, 0.1) is 0 Å². The monoisotopic (exact) mass is 224 g/mol. The molecule has 1 N–H and O–H groups in total. The van der Waals surface area contributed by atoms with Gasteiger partial charge in [0.15, 0.2) is 5.43 Å². The number of rotatable bonds is 0. The summed E-state index contributed by atoms with van der Waals surface area (Å²) in [6.45, 7) is 0. The highest BCUT2D eigenvalue weighted by Gasteiger charge is 2.01. The standard InChI is InChI=1S/C8H5BrN2O/c9-5-1-3-10-8-7(5)6(12)2-4-11-8/h1-4H,(H,10,11,12). The third-order valence-corrected chi connectivity index (χ3v) is 2.26. The second kappa shape index (κ2) is 2.71. The number of aromatic nitrogens is 2. The number of pyridine rings is 2. The van der Waals surface area contributed by atoms with Gasteiger partial charge >= 0.3 is 0 Å². The first-order valence-electron chi connectivity index (χ1n) is 3.41. The molecule has 0 radical (unpaired) electrons. The highest BCUT2D eigenvalue weighted by molar-refractivity contribution is 9.10. The summed E-state index contributed by atoms with van der Waals surface area (Å²) in [7, 11) is 0. The predicted octanol–water partition coefficient (Wildman–Crippen LogP) is 1.69. The van der Waals surface area contributed by atoms with Crippen LogP contribution in [0.2, 0.25) is 0 Å². The molecule has 0 aliphatic rings. The van der Waals surface area contributed by atoms with Crippen LogP contribution in [0.4, 0.5) is 0 Å². The molecule has 0 saturated heterocycles. The van der Waals surface area contributed by atoms with Crippen LogP contribution < -0.4 is 5.43 Å². The van der Waals surface area contributed by atoms with Gasteiger partial charge in [0, 0.05) is 22.9 Å². The molecule has 2 heterocycles. The molecule has 12 heavy (non-hydrogen) atoms. The fraction of sp³-hybridized carbons (Fsp3) is 0. The molecule has 0 spiro atoms. The Hall–Kier alpha value is -1.16. The maximum absolute atomic E-state index is 11.3. The van der Waals surface area contributed by atoms with E-state index in [1.54, 1.807) is 18.5 Å². The fourth-order valence-corrected chi connectivity index (χ4v) is 1.56. The van der Waals surface area contributed by atoms with Crippen molar-refractivity contribution in [3.8, 4) is 0 Å². The van der Waals surface area contributed by atoms with E-state index < -0.39 is 0 Å². The van der Waals surface area contributed by atoms with Gasteiger partial charge in [-0.1, -0.05) is 0 Å². The highest BCUT2D eigenvalue weighted by Crippen LogP contribution is 2.15. The molecular formula is C8H5BrN2O. The third-order valence-electron chi connectivity index (χ3n) is 1.60. The summed E-state index contributed by atoms with van der Waals surface area (Å²) >= 11 is 3.29. The first kappa shape index (κ1) is 7.49. The molecule has 0 atom stereocenters. The van der Waals surface area contributed by atoms with Crippen molar-refractivity contribution in [2.45, 2.75) is 0 Å². The number of hydrogen-bond donors (Lipinski definition) is 1. The van der Waals surface area contributed by atoms with E-state index in [0.717, 1.165) is 4.47 Å². The van der Waals surface area contributed by atoms with E-state index in [9.17, 15) is 4.79 Å². The van der Waals surface area contributed by atoms with Crippen molar-refractivity contribution in [1.29, 1.82) is 0 Å². The van der Waals surface area contributed by atoms with Gasteiger partial charge in [-0.3, -0.25) is 4.79 Å². The van der Waals surface area contributed by atoms with Crippen LogP contribution in [-0.2, 0) is 0 Å². The number of nitrogens with one attached hydrogen (secondary N) is 1. The molecule has 2 aromatic heterocycles. The summed E-state index contributed by atoms with van der Waals surface area (Å²) in [5, 5.41) is 0.597. The van der Waals surface area contributed by atoms with E-state index >= 15 is 0 Å². The van der Waals surface area contributed by atoms with Gasteiger partial charge in [0.2, 0.25) is 0 Å². The Kier molecular flexibility index (Phi) is 1.69. The molecule has 0 aliphatic heterocycles. The fourth-order valence-electron chi connectivity index (χ4n) is 1.06. The molecule has 2 rings (SSSR count). The van der Waals surface area contributed by atoms with E-state index in [4.69, 9.17) is 0 Å². The molecule has 2 aromatic rings. The molecule has 0 saturated carbocycles. The van der Waals surface area contributed by atoms with Crippen molar-refractivity contribution in [3.05, 3.63) is 39.2 Å². The average Bonchev–Trinajstić information content (AvgIpc) is 2.04. The largest absolute Gasteiger partial charge is 0.346 e. The smallest absolute Gasteiger partial charge is 0.192 e. The van der Waals surface area contributed by atoms with Gasteiger partial charge in [-0.05, 0) is 22.0 Å². The summed E-state index contributed by atoms with van der Waals surface area (Å²) in [4.78, 5) is 18.2. The first-order valence-corrected chi connectivity index (χ1v) is 4.20. The van der Waals surface area contributed by atoms with Crippen LogP contribution in [0.5, 0.6) is 0 Å². The zero-order valence-corrected chi connectivity index (χ0v) is 7.63. The van der Waals surface area contributed by atoms with E-state index in [0.29, 0.717) is 11.0 Å². The Balaban J connectivity index is 3.07. The summed E-state index contributed by atoms with van der Waals surface area (Å²) in [5.41, 5.74) is 0.584. The van der Waals surface area contributed by atoms with Gasteiger partial charge < -0.3 is 4.98 Å². The van der Waals surface area contributed by atoms with Crippen molar-refractivity contribution in [3.63, 3.8) is 0 Å². The molecular weight excluding hydrogens is 220 g/mol. The van der Waals surface area contributed by atoms with Crippen LogP contribution in [0.3, 0.4) is 0 Å². The van der Waals surface area contributed by atoms with Crippen molar-refractivity contribution in [1.82, 2.24) is 9.97 Å². The summed E-state index contributed by atoms with van der Waals surface area (Å²) in [6.07, 6.45) is 3.23. The van der Waals surface area contributed by atoms with Crippen molar-refractivity contribution in [2.75, 3.05) is 0 Å². The van der Waals surface area contributed by atoms with E-state index in [-0.39, 0.29) is 5.43 Å². The van der Waals surface area contributed by atoms with E-state index in [1.807, 2.05) is 0 Å². The lowest BCUT2D eigenvalue weighted by Gasteiger charge is -1.96. The Bertz CT molecular complexity index is 472. The van der Waals surface area contributed by atoms with Gasteiger partial charge in [0.1, 0.15) is 5.65 Å². The van der Waals surface area contributed by atoms with Gasteiger partial charge in [-0.15, -0.1) is 0 Å². The first-order chi connectivity index (χ1) is 5.79. The highest BCUT2D eigenvalue weighted by atomic mass is 79.9. The Labute approximate surface area is 76.6 Å². The average molecular weight is 225 g/mol. The summed E-state index contributed by atoms with van der Waals surface area (Å²) in [5.74, 6) is 0. The second-order valence-electron chi connectivity index (χ2n) is 2.36. The Morgan fingerprint density at radius 1 is 1.42 bits per heavy atom. The molecule has 0 aliphatic carbocycles. The molecule has 0 unspecified atom stereocenters. The maximum atomic E-state index is 11.3. The molecule has 0 fully saturated rings. The Morgan fingerprint density at radius 3 is 3.00 bits per heavy atom.